The average molecular weight is 440 g/mol. The highest BCUT2D eigenvalue weighted by atomic mass is 16.2. The molecule has 1 aromatic carbocycles. The zero-order chi connectivity index (χ0) is 23.5. The van der Waals surface area contributed by atoms with Crippen LogP contribution in [0.25, 0.3) is 0 Å². The summed E-state index contributed by atoms with van der Waals surface area (Å²) in [5.74, 6) is 0.799. The average Bonchev–Trinajstić information content (AvgIpc) is 3.21. The van der Waals surface area contributed by atoms with Gasteiger partial charge in [0.1, 0.15) is 11.9 Å². The van der Waals surface area contributed by atoms with E-state index < -0.39 is 6.04 Å². The predicted molar refractivity (Wildman–Crippen MR) is 126 cm³/mol. The molecule has 1 aliphatic rings. The standard InChI is InChI=1S/C25H37N5O2/c1-7-28-13-12-26-22(28)17-29-14-15-30(16-18(29)2)24(32)19(3)27-23(31)20-8-10-21(11-9-20)25(4,5)6/h8-13,18-19H,7,14-17H2,1-6H3,(H,27,31)/t18-,19+/m0/s1. The number of hydrogen-bond donors (Lipinski definition) is 1. The number of carbonyl (C=O) groups is 2. The zero-order valence-corrected chi connectivity index (χ0v) is 20.3. The van der Waals surface area contributed by atoms with Gasteiger partial charge in [0.25, 0.3) is 5.91 Å². The number of benzene rings is 1. The number of carbonyl (C=O) groups excluding carboxylic acids is 2. The van der Waals surface area contributed by atoms with Crippen LogP contribution in [0.5, 0.6) is 0 Å². The van der Waals surface area contributed by atoms with Gasteiger partial charge in [-0.25, -0.2) is 4.98 Å². The van der Waals surface area contributed by atoms with Crippen LogP contribution in [0.15, 0.2) is 36.7 Å². The van der Waals surface area contributed by atoms with Gasteiger partial charge in [-0.2, -0.15) is 0 Å². The number of amides is 2. The van der Waals surface area contributed by atoms with Crippen LogP contribution in [0.2, 0.25) is 0 Å². The van der Waals surface area contributed by atoms with Gasteiger partial charge in [0, 0.05) is 50.2 Å². The van der Waals surface area contributed by atoms with Crippen LogP contribution in [-0.2, 0) is 23.3 Å². The summed E-state index contributed by atoms with van der Waals surface area (Å²) in [5.41, 5.74) is 1.78. The minimum Gasteiger partial charge on any atom is -0.341 e. The third kappa shape index (κ3) is 5.57. The number of rotatable bonds is 6. The van der Waals surface area contributed by atoms with Crippen molar-refractivity contribution in [2.45, 2.75) is 72.1 Å². The Hall–Kier alpha value is -2.67. The lowest BCUT2D eigenvalue weighted by Crippen LogP contribution is -2.57. The van der Waals surface area contributed by atoms with E-state index in [0.717, 1.165) is 25.5 Å². The first-order chi connectivity index (χ1) is 15.1. The van der Waals surface area contributed by atoms with Crippen LogP contribution in [0.4, 0.5) is 0 Å². The first kappa shape index (κ1) is 24.0. The molecule has 2 atom stereocenters. The molecular formula is C25H37N5O2. The SMILES string of the molecule is CCn1ccnc1CN1CCN(C(=O)[C@@H](C)NC(=O)c2ccc(C(C)(C)C)cc2)C[C@@H]1C. The quantitative estimate of drug-likeness (QED) is 0.751. The van der Waals surface area contributed by atoms with Gasteiger partial charge in [-0.1, -0.05) is 32.9 Å². The second-order valence-corrected chi connectivity index (χ2v) is 9.76. The van der Waals surface area contributed by atoms with Crippen LogP contribution < -0.4 is 5.32 Å². The number of imidazole rings is 1. The van der Waals surface area contributed by atoms with Gasteiger partial charge in [-0.3, -0.25) is 14.5 Å². The third-order valence-corrected chi connectivity index (χ3v) is 6.29. The fraction of sp³-hybridized carbons (Fsp3) is 0.560. The van der Waals surface area contributed by atoms with Gasteiger partial charge in [0.2, 0.25) is 5.91 Å². The maximum Gasteiger partial charge on any atom is 0.251 e. The molecule has 3 rings (SSSR count). The molecule has 2 heterocycles. The van der Waals surface area contributed by atoms with Gasteiger partial charge < -0.3 is 14.8 Å². The van der Waals surface area contributed by atoms with E-state index in [-0.39, 0.29) is 23.3 Å². The first-order valence-electron chi connectivity index (χ1n) is 11.5. The molecule has 7 nitrogen and oxygen atoms in total. The van der Waals surface area contributed by atoms with Crippen LogP contribution in [0.3, 0.4) is 0 Å². The molecule has 0 unspecified atom stereocenters. The molecule has 174 valence electrons. The van der Waals surface area contributed by atoms with Gasteiger partial charge in [0.15, 0.2) is 0 Å². The normalized spacial score (nSPS) is 18.4. The molecule has 0 spiro atoms. The maximum absolute atomic E-state index is 13.0. The summed E-state index contributed by atoms with van der Waals surface area (Å²) in [6.07, 6.45) is 3.84. The van der Waals surface area contributed by atoms with E-state index in [2.05, 4.69) is 54.4 Å². The van der Waals surface area contributed by atoms with E-state index in [0.29, 0.717) is 18.7 Å². The Labute approximate surface area is 191 Å². The smallest absolute Gasteiger partial charge is 0.251 e. The molecule has 1 aromatic heterocycles. The number of piperazine rings is 1. The van der Waals surface area contributed by atoms with E-state index in [1.807, 2.05) is 41.6 Å². The number of aryl methyl sites for hydroxylation is 1. The summed E-state index contributed by atoms with van der Waals surface area (Å²) in [5, 5.41) is 2.87. The van der Waals surface area contributed by atoms with Gasteiger partial charge in [-0.15, -0.1) is 0 Å². The van der Waals surface area contributed by atoms with Crippen molar-refractivity contribution in [3.63, 3.8) is 0 Å². The molecule has 0 aliphatic carbocycles. The Morgan fingerprint density at radius 1 is 1.19 bits per heavy atom. The van der Waals surface area contributed by atoms with E-state index in [1.165, 1.54) is 5.56 Å². The molecule has 0 saturated carbocycles. The lowest BCUT2D eigenvalue weighted by molar-refractivity contribution is -0.135. The summed E-state index contributed by atoms with van der Waals surface area (Å²) in [6, 6.07) is 7.27. The summed E-state index contributed by atoms with van der Waals surface area (Å²) >= 11 is 0. The van der Waals surface area contributed by atoms with Crippen LogP contribution in [0, 0.1) is 0 Å². The summed E-state index contributed by atoms with van der Waals surface area (Å²) in [4.78, 5) is 34.3. The number of hydrogen-bond acceptors (Lipinski definition) is 4. The number of aromatic nitrogens is 2. The minimum absolute atomic E-state index is 0.0345. The molecule has 2 amide bonds. The molecular weight excluding hydrogens is 402 g/mol. The second kappa shape index (κ2) is 9.86. The van der Waals surface area contributed by atoms with E-state index in [4.69, 9.17) is 0 Å². The summed E-state index contributed by atoms with van der Waals surface area (Å²) < 4.78 is 2.15. The van der Waals surface area contributed by atoms with Crippen molar-refractivity contribution < 1.29 is 9.59 Å². The van der Waals surface area contributed by atoms with Crippen LogP contribution >= 0.6 is 0 Å². The Bertz CT molecular complexity index is 929. The molecule has 0 bridgehead atoms. The monoisotopic (exact) mass is 439 g/mol. The van der Waals surface area contributed by atoms with Gasteiger partial charge in [-0.05, 0) is 43.9 Å². The van der Waals surface area contributed by atoms with Crippen LogP contribution in [0.1, 0.15) is 63.3 Å². The first-order valence-corrected chi connectivity index (χ1v) is 11.5. The molecule has 0 radical (unpaired) electrons. The molecule has 1 saturated heterocycles. The number of nitrogens with one attached hydrogen (secondary N) is 1. The van der Waals surface area contributed by atoms with Crippen molar-refractivity contribution >= 4 is 11.8 Å². The summed E-state index contributed by atoms with van der Waals surface area (Å²) in [6.45, 7) is 16.2. The minimum atomic E-state index is -0.567. The second-order valence-electron chi connectivity index (χ2n) is 9.76. The maximum atomic E-state index is 13.0. The van der Waals surface area contributed by atoms with E-state index >= 15 is 0 Å². The van der Waals surface area contributed by atoms with Gasteiger partial charge in [0.05, 0.1) is 6.54 Å². The van der Waals surface area contributed by atoms with Crippen LogP contribution in [-0.4, -0.2) is 62.9 Å². The molecule has 1 N–H and O–H groups in total. The Morgan fingerprint density at radius 3 is 2.47 bits per heavy atom. The van der Waals surface area contributed by atoms with Crippen molar-refractivity contribution in [1.29, 1.82) is 0 Å². The Morgan fingerprint density at radius 2 is 1.88 bits per heavy atom. The van der Waals surface area contributed by atoms with E-state index in [9.17, 15) is 9.59 Å². The lowest BCUT2D eigenvalue weighted by atomic mass is 9.86. The number of nitrogens with zero attached hydrogens (tertiary/aromatic N) is 4. The third-order valence-electron chi connectivity index (χ3n) is 6.29. The van der Waals surface area contributed by atoms with Crippen molar-refractivity contribution in [1.82, 2.24) is 24.7 Å². The largest absolute Gasteiger partial charge is 0.341 e. The van der Waals surface area contributed by atoms with Crippen molar-refractivity contribution in [3.8, 4) is 0 Å². The predicted octanol–water partition coefficient (Wildman–Crippen LogP) is 3.05. The Kier molecular flexibility index (Phi) is 7.39. The highest BCUT2D eigenvalue weighted by Gasteiger charge is 2.30. The lowest BCUT2D eigenvalue weighted by Gasteiger charge is -2.40. The fourth-order valence-electron chi connectivity index (χ4n) is 4.13. The molecule has 32 heavy (non-hydrogen) atoms. The highest BCUT2D eigenvalue weighted by Crippen LogP contribution is 2.22. The topological polar surface area (TPSA) is 70.5 Å². The Balaban J connectivity index is 1.54. The fourth-order valence-corrected chi connectivity index (χ4v) is 4.13. The van der Waals surface area contributed by atoms with Crippen molar-refractivity contribution in [2.24, 2.45) is 0 Å². The van der Waals surface area contributed by atoms with E-state index in [1.54, 1.807) is 6.92 Å². The summed E-state index contributed by atoms with van der Waals surface area (Å²) in [7, 11) is 0. The highest BCUT2D eigenvalue weighted by molar-refractivity contribution is 5.97. The zero-order valence-electron chi connectivity index (χ0n) is 20.3. The van der Waals surface area contributed by atoms with Crippen molar-refractivity contribution in [3.05, 3.63) is 53.6 Å². The molecule has 1 fully saturated rings. The molecule has 1 aliphatic heterocycles. The van der Waals surface area contributed by atoms with Crippen molar-refractivity contribution in [2.75, 3.05) is 19.6 Å². The van der Waals surface area contributed by atoms with Gasteiger partial charge >= 0.3 is 0 Å². The molecule has 2 aromatic rings. The molecule has 7 heteroatoms.